The molecule has 4 heteroatoms. The van der Waals surface area contributed by atoms with E-state index in [9.17, 15) is 4.79 Å². The zero-order valence-corrected chi connectivity index (χ0v) is 14.4. The maximum atomic E-state index is 12.1. The van der Waals surface area contributed by atoms with Crippen LogP contribution in [0.3, 0.4) is 0 Å². The Morgan fingerprint density at radius 2 is 1.73 bits per heavy atom. The molecule has 4 nitrogen and oxygen atoms in total. The van der Waals surface area contributed by atoms with Crippen molar-refractivity contribution in [2.45, 2.75) is 12.5 Å². The van der Waals surface area contributed by atoms with Crippen LogP contribution >= 0.6 is 0 Å². The van der Waals surface area contributed by atoms with E-state index in [1.54, 1.807) is 12.4 Å². The summed E-state index contributed by atoms with van der Waals surface area (Å²) in [7, 11) is 0. The van der Waals surface area contributed by atoms with Gasteiger partial charge in [0.1, 0.15) is 0 Å². The molecule has 0 amide bonds. The number of nitrogens with one attached hydrogen (secondary N) is 1. The maximum Gasteiger partial charge on any atom is 0.189 e. The van der Waals surface area contributed by atoms with Gasteiger partial charge in [0.15, 0.2) is 5.43 Å². The minimum absolute atomic E-state index is 0.00262. The Morgan fingerprint density at radius 1 is 0.962 bits per heavy atom. The van der Waals surface area contributed by atoms with Gasteiger partial charge in [-0.2, -0.15) is 0 Å². The van der Waals surface area contributed by atoms with Gasteiger partial charge in [-0.25, -0.2) is 0 Å². The molecule has 0 fully saturated rings. The van der Waals surface area contributed by atoms with Gasteiger partial charge in [-0.15, -0.1) is 0 Å². The monoisotopic (exact) mass is 341 g/mol. The second kappa shape index (κ2) is 6.24. The first kappa shape index (κ1) is 16.2. The molecule has 2 aromatic heterocycles. The number of pyridine rings is 2. The molecule has 4 aromatic rings. The molecule has 1 atom stereocenters. The number of rotatable bonds is 3. The Balaban J connectivity index is 1.81. The van der Waals surface area contributed by atoms with Crippen molar-refractivity contribution >= 4 is 10.9 Å². The van der Waals surface area contributed by atoms with Crippen molar-refractivity contribution in [3.8, 4) is 11.1 Å². The highest BCUT2D eigenvalue weighted by Crippen LogP contribution is 2.29. The third-order valence-electron chi connectivity index (χ3n) is 4.76. The highest BCUT2D eigenvalue weighted by molar-refractivity contribution is 5.84. The molecular formula is C22H19N3O. The van der Waals surface area contributed by atoms with Crippen LogP contribution in [0.15, 0.2) is 83.9 Å². The highest BCUT2D eigenvalue weighted by atomic mass is 16.1. The number of benzene rings is 2. The normalized spacial score (nSPS) is 13.5. The molecule has 2 heterocycles. The molecule has 0 bridgehead atoms. The average Bonchev–Trinajstić information content (AvgIpc) is 2.69. The van der Waals surface area contributed by atoms with Crippen LogP contribution in [0.2, 0.25) is 0 Å². The smallest absolute Gasteiger partial charge is 0.189 e. The summed E-state index contributed by atoms with van der Waals surface area (Å²) in [4.78, 5) is 19.7. The summed E-state index contributed by atoms with van der Waals surface area (Å²) in [6.45, 7) is 1.96. The predicted molar refractivity (Wildman–Crippen MR) is 105 cm³/mol. The molecule has 0 aliphatic rings. The molecule has 3 N–H and O–H groups in total. The van der Waals surface area contributed by atoms with Crippen molar-refractivity contribution in [2.75, 3.05) is 0 Å². The van der Waals surface area contributed by atoms with E-state index in [4.69, 9.17) is 5.73 Å². The van der Waals surface area contributed by atoms with E-state index in [0.717, 1.165) is 27.9 Å². The van der Waals surface area contributed by atoms with Crippen molar-refractivity contribution < 1.29 is 0 Å². The van der Waals surface area contributed by atoms with Crippen LogP contribution in [-0.2, 0) is 5.54 Å². The van der Waals surface area contributed by atoms with Crippen LogP contribution in [0.1, 0.15) is 18.2 Å². The fourth-order valence-electron chi connectivity index (χ4n) is 3.18. The Morgan fingerprint density at radius 3 is 2.54 bits per heavy atom. The summed E-state index contributed by atoms with van der Waals surface area (Å²) in [6.07, 6.45) is 3.42. The number of aromatic nitrogens is 2. The second-order valence-corrected chi connectivity index (χ2v) is 6.60. The quantitative estimate of drug-likeness (QED) is 0.595. The topological polar surface area (TPSA) is 71.8 Å². The van der Waals surface area contributed by atoms with Gasteiger partial charge in [0.05, 0.1) is 11.2 Å². The Hall–Kier alpha value is -3.24. The minimum atomic E-state index is -0.703. The first-order valence-corrected chi connectivity index (χ1v) is 8.48. The number of H-pyrrole nitrogens is 1. The summed E-state index contributed by atoms with van der Waals surface area (Å²) in [6, 6.07) is 21.2. The van der Waals surface area contributed by atoms with Crippen molar-refractivity contribution in [1.82, 2.24) is 9.97 Å². The van der Waals surface area contributed by atoms with Crippen molar-refractivity contribution in [3.05, 3.63) is 101 Å². The molecule has 4 rings (SSSR count). The summed E-state index contributed by atoms with van der Waals surface area (Å²) in [5.41, 5.74) is 10.4. The first-order valence-electron chi connectivity index (χ1n) is 8.48. The Bertz CT molecular complexity index is 1130. The van der Waals surface area contributed by atoms with Gasteiger partial charge in [-0.05, 0) is 47.9 Å². The van der Waals surface area contributed by atoms with Gasteiger partial charge in [0.25, 0.3) is 0 Å². The second-order valence-electron chi connectivity index (χ2n) is 6.60. The molecule has 0 spiro atoms. The summed E-state index contributed by atoms with van der Waals surface area (Å²) in [5.74, 6) is 0. The first-order chi connectivity index (χ1) is 12.6. The summed E-state index contributed by atoms with van der Waals surface area (Å²) >= 11 is 0. The third kappa shape index (κ3) is 2.80. The van der Waals surface area contributed by atoms with E-state index in [-0.39, 0.29) is 5.43 Å². The predicted octanol–water partition coefficient (Wildman–Crippen LogP) is 3.81. The van der Waals surface area contributed by atoms with Crippen LogP contribution in [-0.4, -0.2) is 9.97 Å². The lowest BCUT2D eigenvalue weighted by atomic mass is 9.88. The molecule has 26 heavy (non-hydrogen) atoms. The van der Waals surface area contributed by atoms with Crippen molar-refractivity contribution in [3.63, 3.8) is 0 Å². The highest BCUT2D eigenvalue weighted by Gasteiger charge is 2.25. The Labute approximate surface area is 151 Å². The van der Waals surface area contributed by atoms with E-state index in [2.05, 4.69) is 9.97 Å². The fourth-order valence-corrected chi connectivity index (χ4v) is 3.18. The Kier molecular flexibility index (Phi) is 3.90. The zero-order chi connectivity index (χ0) is 18.1. The van der Waals surface area contributed by atoms with E-state index in [0.29, 0.717) is 5.39 Å². The van der Waals surface area contributed by atoms with Crippen LogP contribution in [0.5, 0.6) is 0 Å². The molecular weight excluding hydrogens is 322 g/mol. The SMILES string of the molecule is CC(N)(c1ccccc1)c1cc(-c2ccc3[nH]ccc(=O)c3c2)ccn1. The van der Waals surface area contributed by atoms with Gasteiger partial charge < -0.3 is 10.7 Å². The molecule has 128 valence electrons. The number of hydrogen-bond donors (Lipinski definition) is 2. The van der Waals surface area contributed by atoms with Crippen LogP contribution in [0.25, 0.3) is 22.0 Å². The van der Waals surface area contributed by atoms with E-state index in [1.165, 1.54) is 6.07 Å². The number of nitrogens with zero attached hydrogens (tertiary/aromatic N) is 1. The van der Waals surface area contributed by atoms with E-state index in [1.807, 2.05) is 67.6 Å². The number of fused-ring (bicyclic) bond motifs is 1. The lowest BCUT2D eigenvalue weighted by Gasteiger charge is -2.25. The molecule has 2 aromatic carbocycles. The number of nitrogens with two attached hydrogens (primary N) is 1. The van der Waals surface area contributed by atoms with Crippen LogP contribution < -0.4 is 11.2 Å². The number of hydrogen-bond acceptors (Lipinski definition) is 3. The van der Waals surface area contributed by atoms with Crippen LogP contribution in [0, 0.1) is 0 Å². The van der Waals surface area contributed by atoms with Crippen LogP contribution in [0.4, 0.5) is 0 Å². The maximum absolute atomic E-state index is 12.1. The minimum Gasteiger partial charge on any atom is -0.361 e. The standard InChI is InChI=1S/C22H19N3O/c1-22(23,17-5-3-2-4-6-17)21-14-16(9-11-25-21)15-7-8-19-18(13-15)20(26)10-12-24-19/h2-14H,23H2,1H3,(H,24,26). The summed E-state index contributed by atoms with van der Waals surface area (Å²) < 4.78 is 0. The van der Waals surface area contributed by atoms with Gasteiger partial charge in [-0.1, -0.05) is 36.4 Å². The van der Waals surface area contributed by atoms with Crippen molar-refractivity contribution in [1.29, 1.82) is 0 Å². The van der Waals surface area contributed by atoms with Crippen molar-refractivity contribution in [2.24, 2.45) is 5.73 Å². The lowest BCUT2D eigenvalue weighted by Crippen LogP contribution is -2.35. The number of aromatic amines is 1. The van der Waals surface area contributed by atoms with Gasteiger partial charge >= 0.3 is 0 Å². The van der Waals surface area contributed by atoms with Gasteiger partial charge in [-0.3, -0.25) is 9.78 Å². The lowest BCUT2D eigenvalue weighted by molar-refractivity contribution is 0.582. The molecule has 0 aliphatic carbocycles. The molecule has 0 radical (unpaired) electrons. The molecule has 0 saturated heterocycles. The largest absolute Gasteiger partial charge is 0.361 e. The third-order valence-corrected chi connectivity index (χ3v) is 4.76. The summed E-state index contributed by atoms with van der Waals surface area (Å²) in [5, 5.41) is 0.668. The van der Waals surface area contributed by atoms with Gasteiger partial charge in [0.2, 0.25) is 0 Å². The fraction of sp³-hybridized carbons (Fsp3) is 0.0909. The zero-order valence-electron chi connectivity index (χ0n) is 14.4. The van der Waals surface area contributed by atoms with E-state index < -0.39 is 5.54 Å². The molecule has 0 saturated carbocycles. The molecule has 0 aliphatic heterocycles. The van der Waals surface area contributed by atoms with Gasteiger partial charge in [0, 0.05) is 29.4 Å². The molecule has 1 unspecified atom stereocenters. The van der Waals surface area contributed by atoms with E-state index >= 15 is 0 Å². The average molecular weight is 341 g/mol.